The Morgan fingerprint density at radius 2 is 1.92 bits per heavy atom. The monoisotopic (exact) mass is 295 g/mol. The van der Waals surface area contributed by atoms with E-state index in [4.69, 9.17) is 0 Å². The maximum atomic E-state index is 2.43. The summed E-state index contributed by atoms with van der Waals surface area (Å²) in [5.41, 5.74) is 3.18. The van der Waals surface area contributed by atoms with Crippen LogP contribution >= 0.6 is 0 Å². The van der Waals surface area contributed by atoms with Crippen molar-refractivity contribution in [1.29, 1.82) is 0 Å². The molecule has 0 radical (unpaired) electrons. The minimum atomic E-state index is 0. The van der Waals surface area contributed by atoms with Crippen LogP contribution in [0.2, 0.25) is 0 Å². The van der Waals surface area contributed by atoms with E-state index in [1.807, 2.05) is 0 Å². The van der Waals surface area contributed by atoms with E-state index in [2.05, 4.69) is 26.8 Å². The van der Waals surface area contributed by atoms with Crippen LogP contribution in [0.3, 0.4) is 0 Å². The third-order valence-corrected chi connectivity index (χ3v) is 4.35. The summed E-state index contributed by atoms with van der Waals surface area (Å²) in [4.78, 5) is 0. The van der Waals surface area contributed by atoms with Gasteiger partial charge in [0, 0.05) is 0 Å². The van der Waals surface area contributed by atoms with Crippen molar-refractivity contribution in [3.8, 4) is 0 Å². The molecule has 0 aliphatic heterocycles. The number of hydrogen-bond donors (Lipinski definition) is 0. The van der Waals surface area contributed by atoms with E-state index in [1.54, 1.807) is 39.1 Å². The van der Waals surface area contributed by atoms with Crippen molar-refractivity contribution >= 4 is 0 Å². The molecule has 0 aromatic heterocycles. The summed E-state index contributed by atoms with van der Waals surface area (Å²) in [6.45, 7) is 6.82. The van der Waals surface area contributed by atoms with Gasteiger partial charge in [-0.3, -0.25) is 0 Å². The van der Waals surface area contributed by atoms with Crippen molar-refractivity contribution in [1.82, 2.24) is 0 Å². The van der Waals surface area contributed by atoms with E-state index in [-0.39, 0.29) is 24.8 Å². The van der Waals surface area contributed by atoms with Crippen LogP contribution in [0.4, 0.5) is 0 Å². The topological polar surface area (TPSA) is 0 Å². The Labute approximate surface area is 109 Å². The Bertz CT molecular complexity index is 219. The molecule has 13 heavy (non-hydrogen) atoms. The summed E-state index contributed by atoms with van der Waals surface area (Å²) in [7, 11) is 0. The molecule has 0 saturated carbocycles. The fraction of sp³-hybridized carbons (Fsp3) is 0.600. The van der Waals surface area contributed by atoms with Crippen molar-refractivity contribution in [3.63, 3.8) is 0 Å². The largest absolute Gasteiger partial charge is 1.00 e. The molecule has 1 rings (SSSR count). The molecule has 0 aromatic carbocycles. The van der Waals surface area contributed by atoms with Crippen LogP contribution < -0.4 is 24.8 Å². The van der Waals surface area contributed by atoms with Gasteiger partial charge in [-0.2, -0.15) is 0 Å². The molecule has 0 heterocycles. The normalized spacial score (nSPS) is 20.7. The summed E-state index contributed by atoms with van der Waals surface area (Å²) in [5, 5.41) is 0. The van der Waals surface area contributed by atoms with Crippen LogP contribution in [0.5, 0.6) is 0 Å². The molecule has 1 unspecified atom stereocenters. The summed E-state index contributed by atoms with van der Waals surface area (Å²) < 4.78 is 1.65. The maximum absolute atomic E-state index is 2.43. The fourth-order valence-corrected chi connectivity index (χ4v) is 2.16. The standard InChI is InChI=1S/C10H15.2ClH.Zr/c1-4-5-10-7-8(2)6-9(10)3;;;/h7-8H,4-5H2,1-3H3;2*1H;/q;;;+2/p-2. The van der Waals surface area contributed by atoms with Gasteiger partial charge in [0.15, 0.2) is 0 Å². The van der Waals surface area contributed by atoms with Crippen molar-refractivity contribution < 1.29 is 49.5 Å². The van der Waals surface area contributed by atoms with Crippen LogP contribution in [0.25, 0.3) is 0 Å². The Morgan fingerprint density at radius 3 is 2.23 bits per heavy atom. The quantitative estimate of drug-likeness (QED) is 0.516. The van der Waals surface area contributed by atoms with E-state index in [9.17, 15) is 0 Å². The van der Waals surface area contributed by atoms with Crippen molar-refractivity contribution in [2.24, 2.45) is 5.92 Å². The molecule has 0 nitrogen and oxygen atoms in total. The molecule has 0 bridgehead atoms. The van der Waals surface area contributed by atoms with Gasteiger partial charge in [0.05, 0.1) is 0 Å². The smallest absolute Gasteiger partial charge is 1.00 e. The van der Waals surface area contributed by atoms with Gasteiger partial charge in [-0.1, -0.05) is 0 Å². The fourth-order valence-electron chi connectivity index (χ4n) is 1.56. The molecule has 1 atom stereocenters. The number of rotatable bonds is 2. The molecule has 0 saturated heterocycles. The molecule has 0 spiro atoms. The van der Waals surface area contributed by atoms with E-state index in [1.165, 1.54) is 12.8 Å². The van der Waals surface area contributed by atoms with Gasteiger partial charge < -0.3 is 24.8 Å². The number of halogens is 2. The van der Waals surface area contributed by atoms with Crippen LogP contribution in [0.15, 0.2) is 20.5 Å². The van der Waals surface area contributed by atoms with Crippen LogP contribution in [0.1, 0.15) is 33.6 Å². The van der Waals surface area contributed by atoms with E-state index < -0.39 is 0 Å². The van der Waals surface area contributed by atoms with Crippen molar-refractivity contribution in [3.05, 3.63) is 20.5 Å². The molecule has 1 aliphatic carbocycles. The first-order chi connectivity index (χ1) is 5.16. The van der Waals surface area contributed by atoms with Gasteiger partial charge in [-0.05, 0) is 0 Å². The van der Waals surface area contributed by atoms with Gasteiger partial charge in [-0.15, -0.1) is 0 Å². The number of hydrogen-bond acceptors (Lipinski definition) is 0. The second-order valence-corrected chi connectivity index (χ2v) is 4.59. The first kappa shape index (κ1) is 16.4. The van der Waals surface area contributed by atoms with Crippen molar-refractivity contribution in [2.45, 2.75) is 33.6 Å². The van der Waals surface area contributed by atoms with Crippen molar-refractivity contribution in [2.75, 3.05) is 0 Å². The Balaban J connectivity index is 0. The minimum absolute atomic E-state index is 0. The molecule has 1 aliphatic rings. The summed E-state index contributed by atoms with van der Waals surface area (Å²) >= 11 is 1.60. The average Bonchev–Trinajstić information content (AvgIpc) is 2.19. The maximum Gasteiger partial charge on any atom is -1.00 e. The van der Waals surface area contributed by atoms with Gasteiger partial charge in [-0.25, -0.2) is 0 Å². The SMILES string of the molecule is CCCC1=CC(C)[C]([Zr+2])=C1C.[Cl-].[Cl-]. The summed E-state index contributed by atoms with van der Waals surface area (Å²) in [6.07, 6.45) is 4.98. The Kier molecular flexibility index (Phi) is 9.15. The molecule has 73 valence electrons. The zero-order valence-corrected chi connectivity index (χ0v) is 12.3. The summed E-state index contributed by atoms with van der Waals surface area (Å²) in [5.74, 6) is 0.731. The van der Waals surface area contributed by atoms with Gasteiger partial charge >= 0.3 is 84.8 Å². The second kappa shape index (κ2) is 7.26. The van der Waals surface area contributed by atoms with Crippen LogP contribution in [0, 0.1) is 5.92 Å². The van der Waals surface area contributed by atoms with E-state index in [0.29, 0.717) is 0 Å². The summed E-state index contributed by atoms with van der Waals surface area (Å²) in [6, 6.07) is 0. The van der Waals surface area contributed by atoms with Crippen LogP contribution in [-0.4, -0.2) is 0 Å². The molecule has 0 fully saturated rings. The molecule has 3 heteroatoms. The first-order valence-electron chi connectivity index (χ1n) is 4.30. The molecular weight excluding hydrogens is 282 g/mol. The molecule has 0 N–H and O–H groups in total. The second-order valence-electron chi connectivity index (χ2n) is 3.27. The van der Waals surface area contributed by atoms with E-state index >= 15 is 0 Å². The van der Waals surface area contributed by atoms with Crippen LogP contribution in [-0.2, 0) is 24.7 Å². The van der Waals surface area contributed by atoms with Gasteiger partial charge in [0.1, 0.15) is 0 Å². The van der Waals surface area contributed by atoms with Gasteiger partial charge in [0.2, 0.25) is 0 Å². The van der Waals surface area contributed by atoms with Gasteiger partial charge in [0.25, 0.3) is 0 Å². The predicted molar refractivity (Wildman–Crippen MR) is 44.9 cm³/mol. The molecule has 0 aromatic rings. The molecular formula is C10H15Cl2Zr. The Morgan fingerprint density at radius 1 is 1.38 bits per heavy atom. The zero-order valence-electron chi connectivity index (χ0n) is 8.32. The average molecular weight is 297 g/mol. The van der Waals surface area contributed by atoms with E-state index in [0.717, 1.165) is 5.92 Å². The Hall–Kier alpha value is 0.943. The number of allylic oxidation sites excluding steroid dienone is 4. The third-order valence-electron chi connectivity index (χ3n) is 2.31. The molecule has 0 amide bonds. The minimum Gasteiger partial charge on any atom is -1.00 e. The first-order valence-corrected chi connectivity index (χ1v) is 5.53. The zero-order chi connectivity index (χ0) is 8.43. The third kappa shape index (κ3) is 3.90. The predicted octanol–water partition coefficient (Wildman–Crippen LogP) is -2.81.